The van der Waals surface area contributed by atoms with Gasteiger partial charge in [0.1, 0.15) is 5.69 Å². The molecular formula is C10H8INO3. The van der Waals surface area contributed by atoms with Gasteiger partial charge < -0.3 is 14.9 Å². The van der Waals surface area contributed by atoms with Crippen LogP contribution < -0.4 is 16.1 Å². The van der Waals surface area contributed by atoms with E-state index >= 15 is 0 Å². The van der Waals surface area contributed by atoms with Gasteiger partial charge in [-0.2, -0.15) is 0 Å². The topological polar surface area (TPSA) is 65.5 Å². The largest absolute Gasteiger partial charge is 0.493 e. The van der Waals surface area contributed by atoms with Crippen molar-refractivity contribution < 1.29 is 9.15 Å². The number of benzene rings is 1. The van der Waals surface area contributed by atoms with Crippen molar-refractivity contribution >= 4 is 39.2 Å². The second-order valence-corrected chi connectivity index (χ2v) is 4.26. The van der Waals surface area contributed by atoms with Crippen molar-refractivity contribution in [2.24, 2.45) is 0 Å². The summed E-state index contributed by atoms with van der Waals surface area (Å²) in [5.41, 5.74) is 5.47. The van der Waals surface area contributed by atoms with E-state index in [4.69, 9.17) is 14.9 Å². The number of rotatable bonds is 1. The third kappa shape index (κ3) is 1.79. The minimum absolute atomic E-state index is 0.103. The first-order valence-electron chi connectivity index (χ1n) is 4.18. The third-order valence-electron chi connectivity index (χ3n) is 2.01. The Morgan fingerprint density at radius 1 is 1.40 bits per heavy atom. The summed E-state index contributed by atoms with van der Waals surface area (Å²) in [6.07, 6.45) is 0. The summed E-state index contributed by atoms with van der Waals surface area (Å²) in [5, 5.41) is 0.760. The van der Waals surface area contributed by atoms with Crippen molar-refractivity contribution in [3.63, 3.8) is 0 Å². The van der Waals surface area contributed by atoms with Crippen molar-refractivity contribution in [1.29, 1.82) is 0 Å². The Kier molecular flexibility index (Phi) is 2.56. The number of hydrogen-bond donors (Lipinski definition) is 1. The molecule has 0 saturated heterocycles. The summed E-state index contributed by atoms with van der Waals surface area (Å²) in [5.74, 6) is 0.536. The maximum atomic E-state index is 11.2. The molecule has 78 valence electrons. The molecule has 0 fully saturated rings. The minimum Gasteiger partial charge on any atom is -0.493 e. The summed E-state index contributed by atoms with van der Waals surface area (Å²) >= 11 is 2.16. The first kappa shape index (κ1) is 10.3. The van der Waals surface area contributed by atoms with Gasteiger partial charge >= 0.3 is 5.63 Å². The molecule has 2 rings (SSSR count). The molecule has 0 radical (unpaired) electrons. The molecule has 0 bridgehead atoms. The Morgan fingerprint density at radius 3 is 2.80 bits per heavy atom. The standard InChI is InChI=1S/C10H8INO3/c1-14-8-4-6(11)2-5-3-7(12)10(13)15-9(5)8/h2-4H,12H2,1H3. The lowest BCUT2D eigenvalue weighted by molar-refractivity contribution is 0.406. The molecule has 0 amide bonds. The third-order valence-corrected chi connectivity index (χ3v) is 2.63. The van der Waals surface area contributed by atoms with Crippen LogP contribution in [0.2, 0.25) is 0 Å². The van der Waals surface area contributed by atoms with E-state index in [1.165, 1.54) is 7.11 Å². The number of hydrogen-bond acceptors (Lipinski definition) is 4. The summed E-state index contributed by atoms with van der Waals surface area (Å²) in [4.78, 5) is 11.2. The number of fused-ring (bicyclic) bond motifs is 1. The van der Waals surface area contributed by atoms with Gasteiger partial charge in [0.25, 0.3) is 0 Å². The van der Waals surface area contributed by atoms with Crippen LogP contribution in [0.5, 0.6) is 5.75 Å². The van der Waals surface area contributed by atoms with Gasteiger partial charge in [0, 0.05) is 8.96 Å². The number of halogens is 1. The molecular weight excluding hydrogens is 309 g/mol. The average Bonchev–Trinajstić information content (AvgIpc) is 2.19. The van der Waals surface area contributed by atoms with E-state index in [1.807, 2.05) is 6.07 Å². The molecule has 15 heavy (non-hydrogen) atoms. The number of anilines is 1. The van der Waals surface area contributed by atoms with Gasteiger partial charge in [0.15, 0.2) is 11.3 Å². The van der Waals surface area contributed by atoms with Crippen molar-refractivity contribution in [2.75, 3.05) is 12.8 Å². The van der Waals surface area contributed by atoms with Gasteiger partial charge in [0.2, 0.25) is 0 Å². The normalized spacial score (nSPS) is 10.5. The maximum Gasteiger partial charge on any atom is 0.359 e. The van der Waals surface area contributed by atoms with Crippen molar-refractivity contribution in [3.05, 3.63) is 32.2 Å². The van der Waals surface area contributed by atoms with E-state index in [2.05, 4.69) is 22.6 Å². The van der Waals surface area contributed by atoms with Crippen LogP contribution in [0, 0.1) is 3.57 Å². The minimum atomic E-state index is -0.540. The van der Waals surface area contributed by atoms with Gasteiger partial charge in [-0.25, -0.2) is 4.79 Å². The maximum absolute atomic E-state index is 11.2. The van der Waals surface area contributed by atoms with Crippen LogP contribution in [0.3, 0.4) is 0 Å². The molecule has 0 unspecified atom stereocenters. The Bertz CT molecular complexity index is 577. The molecule has 0 aliphatic rings. The monoisotopic (exact) mass is 317 g/mol. The highest BCUT2D eigenvalue weighted by Crippen LogP contribution is 2.27. The zero-order valence-electron chi connectivity index (χ0n) is 7.91. The van der Waals surface area contributed by atoms with Gasteiger partial charge in [-0.1, -0.05) is 0 Å². The van der Waals surface area contributed by atoms with E-state index in [-0.39, 0.29) is 5.69 Å². The van der Waals surface area contributed by atoms with Gasteiger partial charge in [0.05, 0.1) is 7.11 Å². The molecule has 1 heterocycles. The molecule has 0 atom stereocenters. The fraction of sp³-hybridized carbons (Fsp3) is 0.100. The van der Waals surface area contributed by atoms with Crippen LogP contribution in [0.25, 0.3) is 11.0 Å². The van der Waals surface area contributed by atoms with Crippen LogP contribution in [0.1, 0.15) is 0 Å². The zero-order chi connectivity index (χ0) is 11.0. The number of methoxy groups -OCH3 is 1. The Labute approximate surface area is 99.2 Å². The lowest BCUT2D eigenvalue weighted by Crippen LogP contribution is -2.06. The summed E-state index contributed by atoms with van der Waals surface area (Å²) in [7, 11) is 1.53. The van der Waals surface area contributed by atoms with Crippen molar-refractivity contribution in [3.8, 4) is 5.75 Å². The Balaban J connectivity index is 2.91. The lowest BCUT2D eigenvalue weighted by Gasteiger charge is -2.05. The quantitative estimate of drug-likeness (QED) is 0.645. The summed E-state index contributed by atoms with van der Waals surface area (Å²) in [6, 6.07) is 5.26. The first-order chi connectivity index (χ1) is 7.11. The predicted molar refractivity (Wildman–Crippen MR) is 66.2 cm³/mol. The highest BCUT2D eigenvalue weighted by molar-refractivity contribution is 14.1. The molecule has 0 saturated carbocycles. The van der Waals surface area contributed by atoms with E-state index in [1.54, 1.807) is 12.1 Å². The molecule has 2 aromatic rings. The van der Waals surface area contributed by atoms with Crippen LogP contribution in [0.15, 0.2) is 27.4 Å². The molecule has 1 aromatic heterocycles. The molecule has 0 aliphatic carbocycles. The summed E-state index contributed by atoms with van der Waals surface area (Å²) in [6.45, 7) is 0. The molecule has 5 heteroatoms. The van der Waals surface area contributed by atoms with Crippen LogP contribution in [-0.2, 0) is 0 Å². The van der Waals surface area contributed by atoms with Crippen LogP contribution >= 0.6 is 22.6 Å². The average molecular weight is 317 g/mol. The smallest absolute Gasteiger partial charge is 0.359 e. The van der Waals surface area contributed by atoms with Crippen molar-refractivity contribution in [2.45, 2.75) is 0 Å². The SMILES string of the molecule is COc1cc(I)cc2cc(N)c(=O)oc12. The first-order valence-corrected chi connectivity index (χ1v) is 5.26. The Hall–Kier alpha value is -1.24. The number of nitrogens with two attached hydrogens (primary N) is 1. The van der Waals surface area contributed by atoms with E-state index in [0.717, 1.165) is 8.96 Å². The number of ether oxygens (including phenoxy) is 1. The molecule has 4 nitrogen and oxygen atoms in total. The second kappa shape index (κ2) is 3.73. The van der Waals surface area contributed by atoms with Crippen molar-refractivity contribution in [1.82, 2.24) is 0 Å². The zero-order valence-corrected chi connectivity index (χ0v) is 10.1. The van der Waals surface area contributed by atoms with Gasteiger partial charge in [-0.15, -0.1) is 0 Å². The van der Waals surface area contributed by atoms with E-state index in [9.17, 15) is 4.79 Å². The number of nitrogen functional groups attached to an aromatic ring is 1. The van der Waals surface area contributed by atoms with Crippen LogP contribution in [-0.4, -0.2) is 7.11 Å². The highest BCUT2D eigenvalue weighted by atomic mass is 127. The summed E-state index contributed by atoms with van der Waals surface area (Å²) < 4.78 is 11.2. The van der Waals surface area contributed by atoms with E-state index < -0.39 is 5.63 Å². The molecule has 2 N–H and O–H groups in total. The second-order valence-electron chi connectivity index (χ2n) is 3.02. The van der Waals surface area contributed by atoms with Gasteiger partial charge in [-0.3, -0.25) is 0 Å². The molecule has 0 spiro atoms. The predicted octanol–water partition coefficient (Wildman–Crippen LogP) is 1.99. The molecule has 0 aliphatic heterocycles. The van der Waals surface area contributed by atoms with Crippen LogP contribution in [0.4, 0.5) is 5.69 Å². The Morgan fingerprint density at radius 2 is 2.13 bits per heavy atom. The highest BCUT2D eigenvalue weighted by Gasteiger charge is 2.08. The fourth-order valence-electron chi connectivity index (χ4n) is 1.33. The van der Waals surface area contributed by atoms with E-state index in [0.29, 0.717) is 11.3 Å². The lowest BCUT2D eigenvalue weighted by atomic mass is 10.2. The molecule has 1 aromatic carbocycles. The van der Waals surface area contributed by atoms with Gasteiger partial charge in [-0.05, 0) is 40.8 Å². The fourth-order valence-corrected chi connectivity index (χ4v) is 1.95.